The minimum absolute atomic E-state index is 0.0505. The van der Waals surface area contributed by atoms with Crippen molar-refractivity contribution in [2.75, 3.05) is 6.54 Å². The van der Waals surface area contributed by atoms with Crippen molar-refractivity contribution in [1.29, 1.82) is 0 Å². The van der Waals surface area contributed by atoms with Crippen LogP contribution >= 0.6 is 0 Å². The predicted octanol–water partition coefficient (Wildman–Crippen LogP) is 1.73. The standard InChI is InChI=1S/C17H25N5O/c1-11(2)16-20-14-5-4-12(10-15(14)21-16)17(23)18-8-6-13-7-9-19-22(13)3/h7,9,11-12H,4-6,8,10H2,1-3H3,(H,18,23)(H,20,21)/t12-/m1/s1. The van der Waals surface area contributed by atoms with Gasteiger partial charge in [0.15, 0.2) is 0 Å². The molecule has 6 heteroatoms. The van der Waals surface area contributed by atoms with Crippen molar-refractivity contribution < 1.29 is 4.79 Å². The quantitative estimate of drug-likeness (QED) is 0.882. The molecule has 1 aliphatic rings. The van der Waals surface area contributed by atoms with Crippen LogP contribution in [-0.4, -0.2) is 32.2 Å². The van der Waals surface area contributed by atoms with E-state index in [1.54, 1.807) is 6.20 Å². The molecule has 0 radical (unpaired) electrons. The number of nitrogens with one attached hydrogen (secondary N) is 2. The highest BCUT2D eigenvalue weighted by Gasteiger charge is 2.27. The molecule has 2 aromatic rings. The first-order valence-electron chi connectivity index (χ1n) is 8.37. The first kappa shape index (κ1) is 15.8. The van der Waals surface area contributed by atoms with Gasteiger partial charge in [0.25, 0.3) is 0 Å². The lowest BCUT2D eigenvalue weighted by Gasteiger charge is -2.20. The molecular formula is C17H25N5O. The van der Waals surface area contributed by atoms with Crippen LogP contribution in [0, 0.1) is 5.92 Å². The predicted molar refractivity (Wildman–Crippen MR) is 88.1 cm³/mol. The molecule has 2 heterocycles. The zero-order valence-corrected chi connectivity index (χ0v) is 14.1. The van der Waals surface area contributed by atoms with E-state index in [-0.39, 0.29) is 11.8 Å². The number of aromatic nitrogens is 4. The molecule has 3 rings (SSSR count). The van der Waals surface area contributed by atoms with Gasteiger partial charge in [-0.25, -0.2) is 4.98 Å². The number of aromatic amines is 1. The van der Waals surface area contributed by atoms with E-state index in [9.17, 15) is 4.79 Å². The molecule has 124 valence electrons. The summed E-state index contributed by atoms with van der Waals surface area (Å²) in [5.74, 6) is 1.63. The molecule has 0 saturated heterocycles. The molecule has 23 heavy (non-hydrogen) atoms. The van der Waals surface area contributed by atoms with Gasteiger partial charge in [0.05, 0.1) is 5.69 Å². The van der Waals surface area contributed by atoms with Gasteiger partial charge < -0.3 is 10.3 Å². The van der Waals surface area contributed by atoms with Crippen LogP contribution in [0.5, 0.6) is 0 Å². The third-order valence-corrected chi connectivity index (χ3v) is 4.58. The van der Waals surface area contributed by atoms with E-state index in [0.717, 1.165) is 48.6 Å². The van der Waals surface area contributed by atoms with Gasteiger partial charge in [0, 0.05) is 55.9 Å². The maximum absolute atomic E-state index is 12.4. The number of nitrogens with zero attached hydrogens (tertiary/aromatic N) is 3. The van der Waals surface area contributed by atoms with Gasteiger partial charge in [-0.3, -0.25) is 9.48 Å². The van der Waals surface area contributed by atoms with E-state index >= 15 is 0 Å². The Morgan fingerprint density at radius 3 is 3.04 bits per heavy atom. The number of imidazole rings is 1. The molecule has 0 unspecified atom stereocenters. The second-order valence-corrected chi connectivity index (χ2v) is 6.63. The second-order valence-electron chi connectivity index (χ2n) is 6.63. The van der Waals surface area contributed by atoms with Crippen molar-refractivity contribution >= 4 is 5.91 Å². The number of carbonyl (C=O) groups excluding carboxylic acids is 1. The van der Waals surface area contributed by atoms with Gasteiger partial charge in [-0.1, -0.05) is 13.8 Å². The number of amides is 1. The highest BCUT2D eigenvalue weighted by Crippen LogP contribution is 2.25. The molecule has 0 fully saturated rings. The summed E-state index contributed by atoms with van der Waals surface area (Å²) < 4.78 is 1.84. The van der Waals surface area contributed by atoms with Gasteiger partial charge in [-0.2, -0.15) is 5.10 Å². The van der Waals surface area contributed by atoms with Crippen LogP contribution in [0.4, 0.5) is 0 Å². The highest BCUT2D eigenvalue weighted by molar-refractivity contribution is 5.79. The summed E-state index contributed by atoms with van der Waals surface area (Å²) in [5, 5.41) is 7.20. The van der Waals surface area contributed by atoms with E-state index < -0.39 is 0 Å². The van der Waals surface area contributed by atoms with Crippen LogP contribution in [0.15, 0.2) is 12.3 Å². The second kappa shape index (κ2) is 6.56. The van der Waals surface area contributed by atoms with Crippen LogP contribution < -0.4 is 5.32 Å². The van der Waals surface area contributed by atoms with Gasteiger partial charge in [-0.05, 0) is 18.9 Å². The van der Waals surface area contributed by atoms with Crippen molar-refractivity contribution in [2.45, 2.75) is 45.4 Å². The minimum atomic E-state index is 0.0505. The summed E-state index contributed by atoms with van der Waals surface area (Å²) >= 11 is 0. The van der Waals surface area contributed by atoms with Crippen molar-refractivity contribution in [3.05, 3.63) is 35.2 Å². The van der Waals surface area contributed by atoms with Crippen LogP contribution in [0.2, 0.25) is 0 Å². The first-order valence-corrected chi connectivity index (χ1v) is 8.37. The molecule has 6 nitrogen and oxygen atoms in total. The molecule has 1 amide bonds. The van der Waals surface area contributed by atoms with Crippen molar-refractivity contribution in [3.63, 3.8) is 0 Å². The summed E-state index contributed by atoms with van der Waals surface area (Å²) in [6, 6.07) is 1.98. The molecule has 0 saturated carbocycles. The Bertz CT molecular complexity index is 685. The Morgan fingerprint density at radius 1 is 1.52 bits per heavy atom. The van der Waals surface area contributed by atoms with E-state index in [1.165, 1.54) is 0 Å². The molecule has 0 bridgehead atoms. The van der Waals surface area contributed by atoms with Crippen LogP contribution in [0.3, 0.4) is 0 Å². The fourth-order valence-corrected chi connectivity index (χ4v) is 3.10. The number of hydrogen-bond acceptors (Lipinski definition) is 3. The summed E-state index contributed by atoms with van der Waals surface area (Å²) in [6.45, 7) is 4.92. The van der Waals surface area contributed by atoms with Gasteiger partial charge in [-0.15, -0.1) is 0 Å². The fourth-order valence-electron chi connectivity index (χ4n) is 3.10. The largest absolute Gasteiger partial charge is 0.355 e. The molecule has 0 aromatic carbocycles. The van der Waals surface area contributed by atoms with E-state index in [4.69, 9.17) is 0 Å². The molecule has 2 aromatic heterocycles. The van der Waals surface area contributed by atoms with Gasteiger partial charge >= 0.3 is 0 Å². The fraction of sp³-hybridized carbons (Fsp3) is 0.588. The van der Waals surface area contributed by atoms with Gasteiger partial charge in [0.2, 0.25) is 5.91 Å². The third-order valence-electron chi connectivity index (χ3n) is 4.58. The average molecular weight is 315 g/mol. The first-order chi connectivity index (χ1) is 11.0. The summed E-state index contributed by atoms with van der Waals surface area (Å²) in [4.78, 5) is 20.4. The smallest absolute Gasteiger partial charge is 0.223 e. The normalized spacial score (nSPS) is 17.3. The van der Waals surface area contributed by atoms with Crippen molar-refractivity contribution in [3.8, 4) is 0 Å². The summed E-state index contributed by atoms with van der Waals surface area (Å²) in [5.41, 5.74) is 3.42. The Morgan fingerprint density at radius 2 is 2.35 bits per heavy atom. The minimum Gasteiger partial charge on any atom is -0.355 e. The Kier molecular flexibility index (Phi) is 4.50. The molecule has 1 aliphatic carbocycles. The molecule has 0 spiro atoms. The monoisotopic (exact) mass is 315 g/mol. The number of hydrogen-bond donors (Lipinski definition) is 2. The molecule has 2 N–H and O–H groups in total. The number of rotatable bonds is 5. The Balaban J connectivity index is 1.53. The van der Waals surface area contributed by atoms with E-state index in [2.05, 4.69) is 34.2 Å². The maximum atomic E-state index is 12.4. The SMILES string of the molecule is CC(C)c1nc2c([nH]1)C[C@H](C(=O)NCCc1ccnn1C)CC2. The third kappa shape index (κ3) is 3.46. The lowest BCUT2D eigenvalue weighted by Crippen LogP contribution is -2.35. The van der Waals surface area contributed by atoms with Crippen LogP contribution in [0.25, 0.3) is 0 Å². The van der Waals surface area contributed by atoms with Gasteiger partial charge in [0.1, 0.15) is 5.82 Å². The number of aryl methyl sites for hydroxylation is 2. The highest BCUT2D eigenvalue weighted by atomic mass is 16.1. The lowest BCUT2D eigenvalue weighted by molar-refractivity contribution is -0.125. The van der Waals surface area contributed by atoms with Crippen LogP contribution in [0.1, 0.15) is 49.1 Å². The van der Waals surface area contributed by atoms with E-state index in [1.807, 2.05) is 17.8 Å². The number of fused-ring (bicyclic) bond motifs is 1. The molecule has 0 aliphatic heterocycles. The maximum Gasteiger partial charge on any atom is 0.223 e. The topological polar surface area (TPSA) is 75.6 Å². The average Bonchev–Trinajstić information content (AvgIpc) is 3.12. The Hall–Kier alpha value is -2.11. The summed E-state index contributed by atoms with van der Waals surface area (Å²) in [7, 11) is 1.92. The number of carbonyl (C=O) groups is 1. The Labute approximate surface area is 136 Å². The summed E-state index contributed by atoms with van der Waals surface area (Å²) in [6.07, 6.45) is 5.13. The molecular weight excluding hydrogens is 290 g/mol. The van der Waals surface area contributed by atoms with Crippen molar-refractivity contribution in [2.24, 2.45) is 13.0 Å². The zero-order chi connectivity index (χ0) is 16.4. The van der Waals surface area contributed by atoms with Crippen LogP contribution in [-0.2, 0) is 31.1 Å². The lowest BCUT2D eigenvalue weighted by atomic mass is 9.89. The van der Waals surface area contributed by atoms with E-state index in [0.29, 0.717) is 12.5 Å². The van der Waals surface area contributed by atoms with Crippen molar-refractivity contribution in [1.82, 2.24) is 25.1 Å². The zero-order valence-electron chi connectivity index (χ0n) is 14.1. The number of H-pyrrole nitrogens is 1. The molecule has 1 atom stereocenters.